The number of anilines is 1. The highest BCUT2D eigenvalue weighted by Crippen LogP contribution is 2.28. The van der Waals surface area contributed by atoms with E-state index in [9.17, 15) is 9.59 Å². The first kappa shape index (κ1) is 17.1. The van der Waals surface area contributed by atoms with Crippen molar-refractivity contribution in [2.24, 2.45) is 0 Å². The Bertz CT molecular complexity index is 933. The molecule has 0 radical (unpaired) electrons. The molecule has 2 aromatic heterocycles. The summed E-state index contributed by atoms with van der Waals surface area (Å²) < 4.78 is 5.56. The quantitative estimate of drug-likeness (QED) is 0.578. The summed E-state index contributed by atoms with van der Waals surface area (Å²) in [6, 6.07) is 7.00. The molecule has 2 amide bonds. The number of pyridine rings is 1. The highest BCUT2D eigenvalue weighted by molar-refractivity contribution is 6.07. The number of aromatic nitrogens is 3. The predicted octanol–water partition coefficient (Wildman–Crippen LogP) is 1.92. The highest BCUT2D eigenvalue weighted by Gasteiger charge is 2.12. The fourth-order valence-corrected chi connectivity index (χ4v) is 2.27. The van der Waals surface area contributed by atoms with Crippen molar-refractivity contribution in [3.63, 3.8) is 0 Å². The van der Waals surface area contributed by atoms with Gasteiger partial charge < -0.3 is 20.5 Å². The van der Waals surface area contributed by atoms with Gasteiger partial charge in [-0.3, -0.25) is 14.8 Å². The van der Waals surface area contributed by atoms with Crippen LogP contribution in [0.15, 0.2) is 49.1 Å². The molecule has 3 N–H and O–H groups in total. The fourth-order valence-electron chi connectivity index (χ4n) is 2.27. The number of ether oxygens (including phenoxy) is 1. The van der Waals surface area contributed by atoms with Crippen molar-refractivity contribution in [3.8, 4) is 5.75 Å². The number of amides is 2. The smallest absolute Gasteiger partial charge is 0.404 e. The molecule has 0 aliphatic heterocycles. The average Bonchev–Trinajstić information content (AvgIpc) is 2.66. The lowest BCUT2D eigenvalue weighted by Crippen LogP contribution is -2.26. The Morgan fingerprint density at radius 2 is 2.04 bits per heavy atom. The first-order valence-corrected chi connectivity index (χ1v) is 7.69. The Morgan fingerprint density at radius 3 is 2.81 bits per heavy atom. The summed E-state index contributed by atoms with van der Waals surface area (Å²) in [5, 5.41) is 14.3. The normalized spacial score (nSPS) is 10.3. The molecular formula is C17H15N5O4. The zero-order valence-corrected chi connectivity index (χ0v) is 13.5. The third-order valence-corrected chi connectivity index (χ3v) is 3.37. The molecule has 2 heterocycles. The molecule has 0 fully saturated rings. The third kappa shape index (κ3) is 4.20. The fraction of sp³-hybridized carbons (Fsp3) is 0.118. The van der Waals surface area contributed by atoms with E-state index in [0.717, 1.165) is 5.39 Å². The van der Waals surface area contributed by atoms with Crippen molar-refractivity contribution in [2.75, 3.05) is 18.5 Å². The monoisotopic (exact) mass is 353 g/mol. The van der Waals surface area contributed by atoms with Crippen LogP contribution in [0, 0.1) is 0 Å². The number of carbonyl (C=O) groups excluding carboxylic acids is 1. The van der Waals surface area contributed by atoms with Crippen molar-refractivity contribution < 1.29 is 19.4 Å². The summed E-state index contributed by atoms with van der Waals surface area (Å²) in [6.45, 7) is 0.289. The van der Waals surface area contributed by atoms with E-state index in [1.807, 2.05) is 6.07 Å². The van der Waals surface area contributed by atoms with E-state index in [1.165, 1.54) is 18.6 Å². The van der Waals surface area contributed by atoms with Gasteiger partial charge in [-0.25, -0.2) is 9.78 Å². The maximum atomic E-state index is 12.3. The molecule has 0 aliphatic rings. The SMILES string of the molecule is O=C(O)NCCOc1cc(NC(=O)c2cnccn2)c2ncccc2c1. The Kier molecular flexibility index (Phi) is 5.18. The number of carbonyl (C=O) groups is 2. The van der Waals surface area contributed by atoms with Crippen molar-refractivity contribution in [1.29, 1.82) is 0 Å². The minimum absolute atomic E-state index is 0.141. The van der Waals surface area contributed by atoms with E-state index >= 15 is 0 Å². The van der Waals surface area contributed by atoms with Gasteiger partial charge in [0.2, 0.25) is 0 Å². The van der Waals surface area contributed by atoms with Crippen LogP contribution in [0.5, 0.6) is 5.75 Å². The molecule has 132 valence electrons. The second-order valence-corrected chi connectivity index (χ2v) is 5.17. The molecule has 3 rings (SSSR count). The van der Waals surface area contributed by atoms with Crippen LogP contribution in [0.25, 0.3) is 10.9 Å². The van der Waals surface area contributed by atoms with Gasteiger partial charge in [0, 0.05) is 30.0 Å². The second-order valence-electron chi connectivity index (χ2n) is 5.17. The van der Waals surface area contributed by atoms with E-state index in [0.29, 0.717) is 17.0 Å². The zero-order valence-electron chi connectivity index (χ0n) is 13.5. The Balaban J connectivity index is 1.83. The molecule has 0 saturated heterocycles. The minimum atomic E-state index is -1.12. The molecular weight excluding hydrogens is 338 g/mol. The number of benzene rings is 1. The van der Waals surface area contributed by atoms with Crippen LogP contribution >= 0.6 is 0 Å². The van der Waals surface area contributed by atoms with Crippen molar-refractivity contribution in [2.45, 2.75) is 0 Å². The summed E-state index contributed by atoms with van der Waals surface area (Å²) in [6.07, 6.45) is 4.78. The summed E-state index contributed by atoms with van der Waals surface area (Å²) in [4.78, 5) is 34.9. The van der Waals surface area contributed by atoms with E-state index in [-0.39, 0.29) is 18.8 Å². The highest BCUT2D eigenvalue weighted by atomic mass is 16.5. The van der Waals surface area contributed by atoms with Crippen molar-refractivity contribution in [1.82, 2.24) is 20.3 Å². The Hall–Kier alpha value is -3.75. The molecule has 0 aliphatic carbocycles. The molecule has 0 saturated carbocycles. The van der Waals surface area contributed by atoms with Crippen LogP contribution in [0.1, 0.15) is 10.5 Å². The van der Waals surface area contributed by atoms with Crippen molar-refractivity contribution >= 4 is 28.6 Å². The van der Waals surface area contributed by atoms with Gasteiger partial charge in [-0.1, -0.05) is 6.07 Å². The number of nitrogens with one attached hydrogen (secondary N) is 2. The molecule has 26 heavy (non-hydrogen) atoms. The minimum Gasteiger partial charge on any atom is -0.492 e. The molecule has 9 heteroatoms. The number of rotatable bonds is 6. The van der Waals surface area contributed by atoms with Crippen LogP contribution in [-0.4, -0.2) is 45.2 Å². The molecule has 0 bridgehead atoms. The number of hydrogen-bond acceptors (Lipinski definition) is 6. The maximum Gasteiger partial charge on any atom is 0.404 e. The lowest BCUT2D eigenvalue weighted by molar-refractivity contribution is 0.102. The first-order valence-electron chi connectivity index (χ1n) is 7.69. The number of hydrogen-bond donors (Lipinski definition) is 3. The second kappa shape index (κ2) is 7.88. The van der Waals surface area contributed by atoms with Gasteiger partial charge in [0.15, 0.2) is 0 Å². The summed E-state index contributed by atoms with van der Waals surface area (Å²) in [5.41, 5.74) is 1.23. The maximum absolute atomic E-state index is 12.3. The average molecular weight is 353 g/mol. The summed E-state index contributed by atoms with van der Waals surface area (Å²) in [7, 11) is 0. The van der Waals surface area contributed by atoms with E-state index in [1.54, 1.807) is 24.4 Å². The van der Waals surface area contributed by atoms with E-state index in [4.69, 9.17) is 9.84 Å². The topological polar surface area (TPSA) is 126 Å². The number of nitrogens with zero attached hydrogens (tertiary/aromatic N) is 3. The van der Waals surface area contributed by atoms with Gasteiger partial charge in [-0.15, -0.1) is 0 Å². The molecule has 0 spiro atoms. The van der Waals surface area contributed by atoms with Gasteiger partial charge in [0.25, 0.3) is 5.91 Å². The van der Waals surface area contributed by atoms with Gasteiger partial charge in [0.1, 0.15) is 18.1 Å². The molecule has 1 aromatic carbocycles. The van der Waals surface area contributed by atoms with Gasteiger partial charge >= 0.3 is 6.09 Å². The standard InChI is InChI=1S/C17H15N5O4/c23-16(14-10-18-4-5-19-14)22-13-9-12(26-7-6-21-17(24)25)8-11-2-1-3-20-15(11)13/h1-5,8-10,21H,6-7H2,(H,22,23)(H,24,25). The lowest BCUT2D eigenvalue weighted by Gasteiger charge is -2.12. The van der Waals surface area contributed by atoms with Gasteiger partial charge in [-0.05, 0) is 12.1 Å². The van der Waals surface area contributed by atoms with Crippen molar-refractivity contribution in [3.05, 3.63) is 54.7 Å². The molecule has 0 unspecified atom stereocenters. The van der Waals surface area contributed by atoms with Crippen LogP contribution < -0.4 is 15.4 Å². The Morgan fingerprint density at radius 1 is 1.15 bits per heavy atom. The Labute approximate surface area is 148 Å². The zero-order chi connectivity index (χ0) is 18.4. The first-order chi connectivity index (χ1) is 12.6. The molecule has 0 atom stereocenters. The number of carboxylic acid groups (broad SMARTS) is 1. The predicted molar refractivity (Wildman–Crippen MR) is 93.3 cm³/mol. The van der Waals surface area contributed by atoms with E-state index < -0.39 is 12.0 Å². The van der Waals surface area contributed by atoms with Gasteiger partial charge in [0.05, 0.1) is 23.9 Å². The van der Waals surface area contributed by atoms with Crippen LogP contribution in [-0.2, 0) is 0 Å². The van der Waals surface area contributed by atoms with Crippen LogP contribution in [0.4, 0.5) is 10.5 Å². The largest absolute Gasteiger partial charge is 0.492 e. The van der Waals surface area contributed by atoms with Crippen LogP contribution in [0.3, 0.4) is 0 Å². The number of fused-ring (bicyclic) bond motifs is 1. The summed E-state index contributed by atoms with van der Waals surface area (Å²) >= 11 is 0. The lowest BCUT2D eigenvalue weighted by atomic mass is 10.1. The third-order valence-electron chi connectivity index (χ3n) is 3.37. The summed E-state index contributed by atoms with van der Waals surface area (Å²) in [5.74, 6) is 0.0573. The van der Waals surface area contributed by atoms with Gasteiger partial charge in [-0.2, -0.15) is 0 Å². The molecule has 3 aromatic rings. The van der Waals surface area contributed by atoms with Crippen LogP contribution in [0.2, 0.25) is 0 Å². The molecule has 9 nitrogen and oxygen atoms in total. The van der Waals surface area contributed by atoms with E-state index in [2.05, 4.69) is 25.6 Å².